The van der Waals surface area contributed by atoms with E-state index in [0.717, 1.165) is 0 Å². The van der Waals surface area contributed by atoms with Crippen LogP contribution in [0.25, 0.3) is 0 Å². The number of carbonyl (C=O) groups is 2. The van der Waals surface area contributed by atoms with E-state index in [1.54, 1.807) is 0 Å². The van der Waals surface area contributed by atoms with Crippen LogP contribution in [0, 0.1) is 0 Å². The number of carboxylic acid groups (broad SMARTS) is 1. The average Bonchev–Trinajstić information content (AvgIpc) is 2.83. The summed E-state index contributed by atoms with van der Waals surface area (Å²) in [5, 5.41) is 25.7. The Morgan fingerprint density at radius 3 is 2.70 bits per heavy atom. The van der Waals surface area contributed by atoms with Crippen molar-refractivity contribution in [2.45, 2.75) is 39.3 Å². The number of carboxylic acids is 1. The normalized spacial score (nSPS) is 12.2. The maximum absolute atomic E-state index is 11.6. The first-order chi connectivity index (χ1) is 9.51. The molecule has 0 aliphatic rings. The predicted octanol–water partition coefficient (Wildman–Crippen LogP) is 0.0447. The van der Waals surface area contributed by atoms with Gasteiger partial charge >= 0.3 is 5.97 Å². The van der Waals surface area contributed by atoms with E-state index in [-0.39, 0.29) is 18.2 Å². The van der Waals surface area contributed by atoms with Crippen molar-refractivity contribution >= 4 is 11.9 Å². The molecule has 1 aromatic rings. The number of carbonyl (C=O) groups excluding carboxylic acids is 1. The quantitative estimate of drug-likeness (QED) is 0.698. The predicted molar refractivity (Wildman–Crippen MR) is 69.8 cm³/mol. The lowest BCUT2D eigenvalue weighted by atomic mass is 10.1. The first kappa shape index (κ1) is 16.1. The van der Waals surface area contributed by atoms with E-state index in [9.17, 15) is 14.7 Å². The molecule has 0 aliphatic carbocycles. The Kier molecular flexibility index (Phi) is 6.10. The third-order valence-corrected chi connectivity index (χ3v) is 2.80. The van der Waals surface area contributed by atoms with Crippen LogP contribution in [0.5, 0.6) is 0 Å². The van der Waals surface area contributed by atoms with Crippen LogP contribution < -0.4 is 0 Å². The lowest BCUT2D eigenvalue weighted by molar-refractivity contribution is -0.150. The molecule has 0 fully saturated rings. The maximum Gasteiger partial charge on any atom is 0.332 e. The van der Waals surface area contributed by atoms with E-state index in [2.05, 4.69) is 10.3 Å². The molecular weight excluding hydrogens is 264 g/mol. The van der Waals surface area contributed by atoms with Crippen molar-refractivity contribution < 1.29 is 19.8 Å². The second kappa shape index (κ2) is 7.59. The third-order valence-electron chi connectivity index (χ3n) is 2.80. The Balaban J connectivity index is 2.97. The number of aliphatic hydroxyl groups is 1. The van der Waals surface area contributed by atoms with Crippen LogP contribution in [0.2, 0.25) is 0 Å². The Bertz CT molecular complexity index is 460. The molecule has 1 unspecified atom stereocenters. The first-order valence-corrected chi connectivity index (χ1v) is 6.52. The van der Waals surface area contributed by atoms with Gasteiger partial charge in [0.05, 0.1) is 6.20 Å². The van der Waals surface area contributed by atoms with E-state index in [1.165, 1.54) is 22.7 Å². The van der Waals surface area contributed by atoms with Crippen molar-refractivity contribution in [3.8, 4) is 0 Å². The van der Waals surface area contributed by atoms with Gasteiger partial charge in [0.25, 0.3) is 0 Å². The number of rotatable bonds is 8. The molecule has 8 heteroatoms. The van der Waals surface area contributed by atoms with Crippen LogP contribution in [0.15, 0.2) is 6.20 Å². The summed E-state index contributed by atoms with van der Waals surface area (Å²) in [5.74, 6) is -1.45. The number of aryl methyl sites for hydroxylation is 1. The second-order valence-electron chi connectivity index (χ2n) is 4.44. The van der Waals surface area contributed by atoms with Crippen molar-refractivity contribution in [2.24, 2.45) is 0 Å². The molecule has 0 aliphatic heterocycles. The zero-order chi connectivity index (χ0) is 15.1. The number of nitrogens with zero attached hydrogens (tertiary/aromatic N) is 4. The smallest absolute Gasteiger partial charge is 0.332 e. The van der Waals surface area contributed by atoms with Gasteiger partial charge in [-0.25, -0.2) is 4.79 Å². The summed E-state index contributed by atoms with van der Waals surface area (Å²) < 4.78 is 1.46. The Hall–Kier alpha value is -1.96. The van der Waals surface area contributed by atoms with Gasteiger partial charge in [-0.3, -0.25) is 9.48 Å². The fourth-order valence-electron chi connectivity index (χ4n) is 1.91. The minimum atomic E-state index is -1.14. The van der Waals surface area contributed by atoms with Gasteiger partial charge in [-0.2, -0.15) is 0 Å². The van der Waals surface area contributed by atoms with Crippen LogP contribution in [-0.4, -0.2) is 55.1 Å². The highest BCUT2D eigenvalue weighted by Crippen LogP contribution is 2.19. The molecular formula is C12H20N4O4. The summed E-state index contributed by atoms with van der Waals surface area (Å²) in [6.07, 6.45) is 2.66. The van der Waals surface area contributed by atoms with Crippen molar-refractivity contribution in [1.82, 2.24) is 19.9 Å². The SMILES string of the molecule is CCCN(C(C)=O)C(C(=O)O)c1cn(CCCO)nn1. The summed E-state index contributed by atoms with van der Waals surface area (Å²) in [6, 6.07) is -1.13. The summed E-state index contributed by atoms with van der Waals surface area (Å²) in [6.45, 7) is 4.02. The molecule has 20 heavy (non-hydrogen) atoms. The van der Waals surface area contributed by atoms with E-state index in [1.807, 2.05) is 6.92 Å². The molecule has 2 N–H and O–H groups in total. The van der Waals surface area contributed by atoms with Crippen LogP contribution >= 0.6 is 0 Å². The second-order valence-corrected chi connectivity index (χ2v) is 4.44. The van der Waals surface area contributed by atoms with Crippen molar-refractivity contribution in [2.75, 3.05) is 13.2 Å². The maximum atomic E-state index is 11.6. The van der Waals surface area contributed by atoms with Gasteiger partial charge in [0.1, 0.15) is 5.69 Å². The minimum absolute atomic E-state index is 0.0208. The minimum Gasteiger partial charge on any atom is -0.479 e. The zero-order valence-electron chi connectivity index (χ0n) is 11.7. The molecule has 1 atom stereocenters. The van der Waals surface area contributed by atoms with Crippen LogP contribution in [0.1, 0.15) is 38.4 Å². The van der Waals surface area contributed by atoms with Gasteiger partial charge < -0.3 is 15.1 Å². The Morgan fingerprint density at radius 2 is 2.20 bits per heavy atom. The van der Waals surface area contributed by atoms with Gasteiger partial charge in [0, 0.05) is 26.6 Å². The number of amides is 1. The lowest BCUT2D eigenvalue weighted by Gasteiger charge is -2.25. The molecule has 112 valence electrons. The van der Waals surface area contributed by atoms with Crippen molar-refractivity contribution in [3.63, 3.8) is 0 Å². The number of hydrogen-bond acceptors (Lipinski definition) is 5. The fourth-order valence-corrected chi connectivity index (χ4v) is 1.91. The highest BCUT2D eigenvalue weighted by atomic mass is 16.4. The summed E-state index contributed by atoms with van der Waals surface area (Å²) in [7, 11) is 0. The molecule has 0 saturated heterocycles. The van der Waals surface area contributed by atoms with E-state index >= 15 is 0 Å². The van der Waals surface area contributed by atoms with Crippen LogP contribution in [0.3, 0.4) is 0 Å². The average molecular weight is 284 g/mol. The largest absolute Gasteiger partial charge is 0.479 e. The molecule has 0 spiro atoms. The molecule has 0 bridgehead atoms. The van der Waals surface area contributed by atoms with E-state index in [4.69, 9.17) is 5.11 Å². The molecule has 1 heterocycles. The summed E-state index contributed by atoms with van der Waals surface area (Å²) in [4.78, 5) is 24.3. The third kappa shape index (κ3) is 4.02. The van der Waals surface area contributed by atoms with E-state index < -0.39 is 12.0 Å². The van der Waals surface area contributed by atoms with Gasteiger partial charge in [-0.1, -0.05) is 12.1 Å². The van der Waals surface area contributed by atoms with Crippen LogP contribution in [0.4, 0.5) is 0 Å². The topological polar surface area (TPSA) is 109 Å². The molecule has 0 saturated carbocycles. The lowest BCUT2D eigenvalue weighted by Crippen LogP contribution is -2.38. The van der Waals surface area contributed by atoms with Gasteiger partial charge in [0.2, 0.25) is 5.91 Å². The van der Waals surface area contributed by atoms with Gasteiger partial charge in [-0.05, 0) is 12.8 Å². The Labute approximate surface area is 117 Å². The highest BCUT2D eigenvalue weighted by Gasteiger charge is 2.31. The molecule has 1 amide bonds. The highest BCUT2D eigenvalue weighted by molar-refractivity contribution is 5.82. The fraction of sp³-hybridized carbons (Fsp3) is 0.667. The van der Waals surface area contributed by atoms with Crippen molar-refractivity contribution in [3.05, 3.63) is 11.9 Å². The van der Waals surface area contributed by atoms with Gasteiger partial charge in [-0.15, -0.1) is 5.10 Å². The van der Waals surface area contributed by atoms with Crippen LogP contribution in [-0.2, 0) is 16.1 Å². The molecule has 1 aromatic heterocycles. The monoisotopic (exact) mass is 284 g/mol. The molecule has 1 rings (SSSR count). The number of hydrogen-bond donors (Lipinski definition) is 2. The number of aromatic nitrogens is 3. The summed E-state index contributed by atoms with van der Waals surface area (Å²) in [5.41, 5.74) is 0.221. The molecule has 0 radical (unpaired) electrons. The molecule has 0 aromatic carbocycles. The number of aliphatic carboxylic acids is 1. The summed E-state index contributed by atoms with van der Waals surface area (Å²) >= 11 is 0. The zero-order valence-corrected chi connectivity index (χ0v) is 11.7. The van der Waals surface area contributed by atoms with Gasteiger partial charge in [0.15, 0.2) is 6.04 Å². The standard InChI is InChI=1S/C12H20N4O4/c1-3-5-16(9(2)18)11(12(19)20)10-8-15(14-13-10)6-4-7-17/h8,11,17H,3-7H2,1-2H3,(H,19,20). The Morgan fingerprint density at radius 1 is 1.50 bits per heavy atom. The number of aliphatic hydroxyl groups excluding tert-OH is 1. The molecule has 8 nitrogen and oxygen atoms in total. The first-order valence-electron chi connectivity index (χ1n) is 6.52. The van der Waals surface area contributed by atoms with Crippen molar-refractivity contribution in [1.29, 1.82) is 0 Å². The van der Waals surface area contributed by atoms with E-state index in [0.29, 0.717) is 25.9 Å².